The first-order valence-electron chi connectivity index (χ1n) is 5.67. The molecule has 0 atom stereocenters. The minimum atomic E-state index is 0.0196. The van der Waals surface area contributed by atoms with Crippen molar-refractivity contribution >= 4 is 11.6 Å². The summed E-state index contributed by atoms with van der Waals surface area (Å²) in [6, 6.07) is 7.03. The third-order valence-electron chi connectivity index (χ3n) is 2.65. The Morgan fingerprint density at radius 3 is 2.71 bits per heavy atom. The van der Waals surface area contributed by atoms with Crippen LogP contribution in [0.2, 0.25) is 0 Å². The molecule has 0 bridgehead atoms. The fourth-order valence-corrected chi connectivity index (χ4v) is 1.67. The zero-order valence-corrected chi connectivity index (χ0v) is 9.63. The molecule has 1 aliphatic heterocycles. The van der Waals surface area contributed by atoms with Crippen molar-refractivity contribution in [3.8, 4) is 5.75 Å². The number of ether oxygens (including phenoxy) is 1. The molecule has 0 fully saturated rings. The quantitative estimate of drug-likeness (QED) is 0.633. The summed E-state index contributed by atoms with van der Waals surface area (Å²) < 4.78 is 5.41. The minimum absolute atomic E-state index is 0.0196. The molecule has 1 heterocycles. The fraction of sp³-hybridized carbons (Fsp3) is 0.308. The number of hydrogen-bond acceptors (Lipinski definition) is 3. The van der Waals surface area contributed by atoms with E-state index in [2.05, 4.69) is 6.08 Å². The Hall–Kier alpha value is -1.97. The smallest absolute Gasteiger partial charge is 0.260 e. The van der Waals surface area contributed by atoms with E-state index in [0.29, 0.717) is 18.0 Å². The van der Waals surface area contributed by atoms with Crippen LogP contribution < -0.4 is 10.5 Å². The lowest BCUT2D eigenvalue weighted by Gasteiger charge is -2.23. The molecule has 1 aliphatic rings. The predicted molar refractivity (Wildman–Crippen MR) is 66.7 cm³/mol. The molecule has 1 amide bonds. The van der Waals surface area contributed by atoms with Gasteiger partial charge in [-0.1, -0.05) is 12.2 Å². The van der Waals surface area contributed by atoms with Crippen LogP contribution in [0.25, 0.3) is 0 Å². The van der Waals surface area contributed by atoms with Gasteiger partial charge in [-0.2, -0.15) is 0 Å². The lowest BCUT2D eigenvalue weighted by molar-refractivity contribution is -0.133. The van der Waals surface area contributed by atoms with Gasteiger partial charge < -0.3 is 15.4 Å². The number of amides is 1. The zero-order chi connectivity index (χ0) is 12.1. The van der Waals surface area contributed by atoms with Gasteiger partial charge in [0.15, 0.2) is 6.61 Å². The highest BCUT2D eigenvalue weighted by Gasteiger charge is 2.13. The van der Waals surface area contributed by atoms with Crippen molar-refractivity contribution in [2.24, 2.45) is 0 Å². The maximum absolute atomic E-state index is 11.8. The topological polar surface area (TPSA) is 55.6 Å². The number of rotatable bonds is 3. The Kier molecular flexibility index (Phi) is 3.65. The number of anilines is 1. The van der Waals surface area contributed by atoms with Gasteiger partial charge in [0.2, 0.25) is 0 Å². The second-order valence-corrected chi connectivity index (χ2v) is 3.96. The van der Waals surface area contributed by atoms with Crippen LogP contribution in [0.4, 0.5) is 5.69 Å². The Balaban J connectivity index is 1.83. The van der Waals surface area contributed by atoms with Crippen molar-refractivity contribution in [3.63, 3.8) is 0 Å². The molecule has 0 aromatic heterocycles. The Morgan fingerprint density at radius 2 is 2.06 bits per heavy atom. The molecule has 0 spiro atoms. The van der Waals surface area contributed by atoms with E-state index < -0.39 is 0 Å². The molecule has 4 nitrogen and oxygen atoms in total. The zero-order valence-electron chi connectivity index (χ0n) is 9.63. The van der Waals surface area contributed by atoms with Gasteiger partial charge in [-0.05, 0) is 30.7 Å². The first kappa shape index (κ1) is 11.5. The van der Waals surface area contributed by atoms with Gasteiger partial charge in [0.1, 0.15) is 5.75 Å². The van der Waals surface area contributed by atoms with Crippen LogP contribution >= 0.6 is 0 Å². The Morgan fingerprint density at radius 1 is 1.29 bits per heavy atom. The van der Waals surface area contributed by atoms with Crippen LogP contribution in [0, 0.1) is 0 Å². The van der Waals surface area contributed by atoms with Crippen LogP contribution in [-0.4, -0.2) is 30.5 Å². The summed E-state index contributed by atoms with van der Waals surface area (Å²) in [5.74, 6) is 0.686. The summed E-state index contributed by atoms with van der Waals surface area (Å²) in [5, 5.41) is 0. The first-order valence-corrected chi connectivity index (χ1v) is 5.67. The summed E-state index contributed by atoms with van der Waals surface area (Å²) in [7, 11) is 0. The monoisotopic (exact) mass is 232 g/mol. The third-order valence-corrected chi connectivity index (χ3v) is 2.65. The Labute approximate surface area is 101 Å². The molecule has 2 rings (SSSR count). The number of nitrogens with two attached hydrogens (primary N) is 1. The number of carbonyl (C=O) groups is 1. The minimum Gasteiger partial charge on any atom is -0.484 e. The summed E-state index contributed by atoms with van der Waals surface area (Å²) >= 11 is 0. The molecular weight excluding hydrogens is 216 g/mol. The van der Waals surface area contributed by atoms with Gasteiger partial charge in [0.05, 0.1) is 0 Å². The highest BCUT2D eigenvalue weighted by molar-refractivity contribution is 5.78. The molecule has 0 radical (unpaired) electrons. The van der Waals surface area contributed by atoms with E-state index in [9.17, 15) is 4.79 Å². The van der Waals surface area contributed by atoms with Crippen LogP contribution in [0.3, 0.4) is 0 Å². The predicted octanol–water partition coefficient (Wildman–Crippen LogP) is 1.44. The summed E-state index contributed by atoms with van der Waals surface area (Å²) in [6.45, 7) is 1.54. The van der Waals surface area contributed by atoms with Crippen molar-refractivity contribution in [3.05, 3.63) is 36.4 Å². The normalized spacial score (nSPS) is 14.7. The number of nitrogen functional groups attached to an aromatic ring is 1. The number of nitrogens with zero attached hydrogens (tertiary/aromatic N) is 1. The molecule has 2 N–H and O–H groups in total. The summed E-state index contributed by atoms with van der Waals surface area (Å²) in [4.78, 5) is 13.6. The van der Waals surface area contributed by atoms with Crippen LogP contribution in [0.1, 0.15) is 6.42 Å². The van der Waals surface area contributed by atoms with E-state index >= 15 is 0 Å². The van der Waals surface area contributed by atoms with Crippen molar-refractivity contribution < 1.29 is 9.53 Å². The van der Waals surface area contributed by atoms with Crippen LogP contribution in [-0.2, 0) is 4.79 Å². The van der Waals surface area contributed by atoms with Crippen LogP contribution in [0.5, 0.6) is 5.75 Å². The molecular formula is C13H16N2O2. The highest BCUT2D eigenvalue weighted by Crippen LogP contribution is 2.13. The maximum Gasteiger partial charge on any atom is 0.260 e. The molecule has 0 unspecified atom stereocenters. The maximum atomic E-state index is 11.8. The SMILES string of the molecule is Nc1ccc(OCC(=O)N2CC=CCC2)cc1. The molecule has 1 aromatic rings. The average molecular weight is 232 g/mol. The van der Waals surface area contributed by atoms with E-state index in [-0.39, 0.29) is 12.5 Å². The van der Waals surface area contributed by atoms with E-state index in [1.807, 2.05) is 6.08 Å². The van der Waals surface area contributed by atoms with E-state index in [1.54, 1.807) is 29.2 Å². The van der Waals surface area contributed by atoms with E-state index in [4.69, 9.17) is 10.5 Å². The average Bonchev–Trinajstić information content (AvgIpc) is 2.39. The number of carbonyl (C=O) groups excluding carboxylic acids is 1. The number of benzene rings is 1. The van der Waals surface area contributed by atoms with Gasteiger partial charge >= 0.3 is 0 Å². The van der Waals surface area contributed by atoms with Crippen LogP contribution in [0.15, 0.2) is 36.4 Å². The molecule has 90 valence electrons. The van der Waals surface area contributed by atoms with Crippen molar-refractivity contribution in [1.82, 2.24) is 4.90 Å². The summed E-state index contributed by atoms with van der Waals surface area (Å²) in [6.07, 6.45) is 5.02. The van der Waals surface area contributed by atoms with Crippen molar-refractivity contribution in [1.29, 1.82) is 0 Å². The lowest BCUT2D eigenvalue weighted by Crippen LogP contribution is -2.37. The molecule has 0 saturated carbocycles. The van der Waals surface area contributed by atoms with E-state index in [1.165, 1.54) is 0 Å². The molecule has 0 saturated heterocycles. The molecule has 1 aromatic carbocycles. The second kappa shape index (κ2) is 5.39. The van der Waals surface area contributed by atoms with Crippen molar-refractivity contribution in [2.45, 2.75) is 6.42 Å². The fourth-order valence-electron chi connectivity index (χ4n) is 1.67. The Bertz CT molecular complexity index is 412. The number of hydrogen-bond donors (Lipinski definition) is 1. The lowest BCUT2D eigenvalue weighted by atomic mass is 10.2. The van der Waals surface area contributed by atoms with E-state index in [0.717, 1.165) is 13.0 Å². The van der Waals surface area contributed by atoms with Gasteiger partial charge in [-0.25, -0.2) is 0 Å². The van der Waals surface area contributed by atoms with Gasteiger partial charge in [0.25, 0.3) is 5.91 Å². The van der Waals surface area contributed by atoms with Gasteiger partial charge in [-0.3, -0.25) is 4.79 Å². The van der Waals surface area contributed by atoms with Gasteiger partial charge in [-0.15, -0.1) is 0 Å². The largest absolute Gasteiger partial charge is 0.484 e. The molecule has 0 aliphatic carbocycles. The van der Waals surface area contributed by atoms with Gasteiger partial charge in [0, 0.05) is 18.8 Å². The first-order chi connectivity index (χ1) is 8.25. The third kappa shape index (κ3) is 3.24. The standard InChI is InChI=1S/C13H16N2O2/c14-11-4-6-12(7-5-11)17-10-13(16)15-8-2-1-3-9-15/h1-2,4-7H,3,8-10,14H2. The second-order valence-electron chi connectivity index (χ2n) is 3.96. The molecule has 4 heteroatoms. The van der Waals surface area contributed by atoms with Crippen molar-refractivity contribution in [2.75, 3.05) is 25.4 Å². The highest BCUT2D eigenvalue weighted by atomic mass is 16.5. The summed E-state index contributed by atoms with van der Waals surface area (Å²) in [5.41, 5.74) is 6.25. The molecule has 17 heavy (non-hydrogen) atoms.